The molecule has 2 aromatic heterocycles. The molecule has 3 aromatic rings. The third-order valence-corrected chi connectivity index (χ3v) is 3.87. The van der Waals surface area contributed by atoms with Crippen LogP contribution in [0.4, 0.5) is 0 Å². The molecular formula is C18H20N2O. The standard InChI is InChI=1S/C18H20N2O/c1-3-17-16(15-6-4-5-7-18(15)21-17)12-20-11-14-10-19-9-8-13(14)2/h4-10,20H,3,11-12H2,1-2H3. The summed E-state index contributed by atoms with van der Waals surface area (Å²) >= 11 is 0. The number of pyridine rings is 1. The molecule has 21 heavy (non-hydrogen) atoms. The molecule has 1 N–H and O–H groups in total. The Bertz CT molecular complexity index is 746. The molecule has 0 aliphatic heterocycles. The van der Waals surface area contributed by atoms with Crippen LogP contribution in [-0.2, 0) is 19.5 Å². The summed E-state index contributed by atoms with van der Waals surface area (Å²) in [4.78, 5) is 4.19. The summed E-state index contributed by atoms with van der Waals surface area (Å²) in [6.07, 6.45) is 4.67. The molecule has 0 spiro atoms. The van der Waals surface area contributed by atoms with Crippen molar-refractivity contribution in [3.63, 3.8) is 0 Å². The lowest BCUT2D eigenvalue weighted by molar-refractivity contribution is 0.544. The Labute approximate surface area is 125 Å². The molecule has 0 saturated carbocycles. The van der Waals surface area contributed by atoms with E-state index in [2.05, 4.69) is 36.3 Å². The highest BCUT2D eigenvalue weighted by Gasteiger charge is 2.11. The van der Waals surface area contributed by atoms with Crippen LogP contribution < -0.4 is 5.32 Å². The molecule has 0 unspecified atom stereocenters. The zero-order chi connectivity index (χ0) is 14.7. The van der Waals surface area contributed by atoms with E-state index in [4.69, 9.17) is 4.42 Å². The van der Waals surface area contributed by atoms with Crippen LogP contribution >= 0.6 is 0 Å². The Hall–Kier alpha value is -2.13. The van der Waals surface area contributed by atoms with Crippen LogP contribution in [0.15, 0.2) is 47.1 Å². The summed E-state index contributed by atoms with van der Waals surface area (Å²) in [5.74, 6) is 1.08. The largest absolute Gasteiger partial charge is 0.461 e. The lowest BCUT2D eigenvalue weighted by atomic mass is 10.1. The van der Waals surface area contributed by atoms with Gasteiger partial charge in [0.05, 0.1) is 0 Å². The van der Waals surface area contributed by atoms with Crippen molar-refractivity contribution in [2.24, 2.45) is 0 Å². The van der Waals surface area contributed by atoms with Gasteiger partial charge in [-0.15, -0.1) is 0 Å². The van der Waals surface area contributed by atoms with Gasteiger partial charge in [-0.25, -0.2) is 0 Å². The van der Waals surface area contributed by atoms with E-state index in [1.165, 1.54) is 22.1 Å². The van der Waals surface area contributed by atoms with Crippen molar-refractivity contribution in [1.82, 2.24) is 10.3 Å². The average molecular weight is 280 g/mol. The first-order valence-electron chi connectivity index (χ1n) is 7.39. The second kappa shape index (κ2) is 6.10. The number of benzene rings is 1. The number of hydrogen-bond donors (Lipinski definition) is 1. The predicted octanol–water partition coefficient (Wildman–Crippen LogP) is 3.99. The third-order valence-electron chi connectivity index (χ3n) is 3.87. The number of hydrogen-bond acceptors (Lipinski definition) is 3. The van der Waals surface area contributed by atoms with Crippen LogP contribution in [0.1, 0.15) is 29.4 Å². The van der Waals surface area contributed by atoms with Crippen molar-refractivity contribution in [1.29, 1.82) is 0 Å². The number of fused-ring (bicyclic) bond motifs is 1. The maximum atomic E-state index is 5.92. The fourth-order valence-electron chi connectivity index (χ4n) is 2.63. The SMILES string of the molecule is CCc1oc2ccccc2c1CNCc1cnccc1C. The predicted molar refractivity (Wildman–Crippen MR) is 85.1 cm³/mol. The summed E-state index contributed by atoms with van der Waals surface area (Å²) in [7, 11) is 0. The molecule has 0 amide bonds. The fourth-order valence-corrected chi connectivity index (χ4v) is 2.63. The van der Waals surface area contributed by atoms with Crippen molar-refractivity contribution < 1.29 is 4.42 Å². The van der Waals surface area contributed by atoms with Gasteiger partial charge in [-0.1, -0.05) is 25.1 Å². The van der Waals surface area contributed by atoms with Crippen LogP contribution in [0, 0.1) is 6.92 Å². The lowest BCUT2D eigenvalue weighted by Crippen LogP contribution is -2.14. The minimum Gasteiger partial charge on any atom is -0.461 e. The Morgan fingerprint density at radius 1 is 1.14 bits per heavy atom. The summed E-state index contributed by atoms with van der Waals surface area (Å²) < 4.78 is 5.92. The van der Waals surface area contributed by atoms with Gasteiger partial charge in [-0.3, -0.25) is 4.98 Å². The number of aryl methyl sites for hydroxylation is 2. The van der Waals surface area contributed by atoms with Crippen LogP contribution in [0.25, 0.3) is 11.0 Å². The fraction of sp³-hybridized carbons (Fsp3) is 0.278. The van der Waals surface area contributed by atoms with Gasteiger partial charge in [0.2, 0.25) is 0 Å². The average Bonchev–Trinajstić information content (AvgIpc) is 2.87. The van der Waals surface area contributed by atoms with Crippen molar-refractivity contribution in [3.05, 3.63) is 65.2 Å². The Kier molecular flexibility index (Phi) is 4.02. The second-order valence-electron chi connectivity index (χ2n) is 5.26. The van der Waals surface area contributed by atoms with Crippen molar-refractivity contribution in [2.75, 3.05) is 0 Å². The van der Waals surface area contributed by atoms with Crippen LogP contribution in [-0.4, -0.2) is 4.98 Å². The van der Waals surface area contributed by atoms with Gasteiger partial charge >= 0.3 is 0 Å². The number of nitrogens with zero attached hydrogens (tertiary/aromatic N) is 1. The van der Waals surface area contributed by atoms with Gasteiger partial charge in [0.25, 0.3) is 0 Å². The summed E-state index contributed by atoms with van der Waals surface area (Å²) in [5.41, 5.74) is 4.76. The van der Waals surface area contributed by atoms with E-state index in [9.17, 15) is 0 Å². The van der Waals surface area contributed by atoms with E-state index in [0.717, 1.165) is 30.9 Å². The van der Waals surface area contributed by atoms with Crippen LogP contribution in [0.5, 0.6) is 0 Å². The molecule has 108 valence electrons. The number of rotatable bonds is 5. The number of para-hydroxylation sites is 1. The smallest absolute Gasteiger partial charge is 0.134 e. The van der Waals surface area contributed by atoms with Gasteiger partial charge in [0.15, 0.2) is 0 Å². The second-order valence-corrected chi connectivity index (χ2v) is 5.26. The topological polar surface area (TPSA) is 38.1 Å². The monoisotopic (exact) mass is 280 g/mol. The van der Waals surface area contributed by atoms with E-state index in [0.29, 0.717) is 0 Å². The van der Waals surface area contributed by atoms with Crippen molar-refractivity contribution in [2.45, 2.75) is 33.4 Å². The van der Waals surface area contributed by atoms with E-state index >= 15 is 0 Å². The van der Waals surface area contributed by atoms with Crippen molar-refractivity contribution in [3.8, 4) is 0 Å². The molecule has 0 fully saturated rings. The zero-order valence-corrected chi connectivity index (χ0v) is 12.5. The summed E-state index contributed by atoms with van der Waals surface area (Å²) in [6, 6.07) is 10.3. The Morgan fingerprint density at radius 2 is 2.00 bits per heavy atom. The maximum Gasteiger partial charge on any atom is 0.134 e. The van der Waals surface area contributed by atoms with Crippen LogP contribution in [0.2, 0.25) is 0 Å². The highest BCUT2D eigenvalue weighted by Crippen LogP contribution is 2.26. The maximum absolute atomic E-state index is 5.92. The molecule has 0 atom stereocenters. The van der Waals surface area contributed by atoms with E-state index in [1.807, 2.05) is 30.6 Å². The first-order chi connectivity index (χ1) is 10.3. The van der Waals surface area contributed by atoms with Gasteiger partial charge in [0.1, 0.15) is 11.3 Å². The number of aromatic nitrogens is 1. The number of furan rings is 1. The molecule has 0 aliphatic carbocycles. The Morgan fingerprint density at radius 3 is 2.81 bits per heavy atom. The molecule has 0 saturated heterocycles. The quantitative estimate of drug-likeness (QED) is 0.768. The third kappa shape index (κ3) is 2.83. The van der Waals surface area contributed by atoms with Gasteiger partial charge < -0.3 is 9.73 Å². The summed E-state index contributed by atoms with van der Waals surface area (Å²) in [5, 5.41) is 4.72. The molecule has 0 aliphatic rings. The van der Waals surface area contributed by atoms with Gasteiger partial charge in [-0.2, -0.15) is 0 Å². The normalized spacial score (nSPS) is 11.1. The Balaban J connectivity index is 1.77. The first-order valence-corrected chi connectivity index (χ1v) is 7.39. The summed E-state index contributed by atoms with van der Waals surface area (Å²) in [6.45, 7) is 5.88. The molecule has 1 aromatic carbocycles. The van der Waals surface area contributed by atoms with Gasteiger partial charge in [-0.05, 0) is 30.2 Å². The van der Waals surface area contributed by atoms with E-state index < -0.39 is 0 Å². The molecule has 2 heterocycles. The molecule has 3 nitrogen and oxygen atoms in total. The highest BCUT2D eigenvalue weighted by atomic mass is 16.3. The van der Waals surface area contributed by atoms with Crippen LogP contribution in [0.3, 0.4) is 0 Å². The van der Waals surface area contributed by atoms with Crippen molar-refractivity contribution >= 4 is 11.0 Å². The molecule has 3 rings (SSSR count). The molecule has 3 heteroatoms. The van der Waals surface area contributed by atoms with Gasteiger partial charge in [0, 0.05) is 42.9 Å². The first kappa shape index (κ1) is 13.8. The zero-order valence-electron chi connectivity index (χ0n) is 12.5. The minimum absolute atomic E-state index is 0.814. The highest BCUT2D eigenvalue weighted by molar-refractivity contribution is 5.82. The molecule has 0 bridgehead atoms. The minimum atomic E-state index is 0.814. The lowest BCUT2D eigenvalue weighted by Gasteiger charge is -2.07. The molecule has 0 radical (unpaired) electrons. The molecular weight excluding hydrogens is 260 g/mol. The number of nitrogens with one attached hydrogen (secondary N) is 1. The van der Waals surface area contributed by atoms with E-state index in [-0.39, 0.29) is 0 Å². The van der Waals surface area contributed by atoms with E-state index in [1.54, 1.807) is 0 Å².